The summed E-state index contributed by atoms with van der Waals surface area (Å²) in [5, 5.41) is 2.22. The first-order valence-corrected chi connectivity index (χ1v) is 10.3. The van der Waals surface area contributed by atoms with Gasteiger partial charge in [-0.2, -0.15) is 0 Å². The number of benzene rings is 2. The molecule has 0 bridgehead atoms. The highest BCUT2D eigenvalue weighted by Gasteiger charge is 2.22. The molecule has 1 amide bonds. The summed E-state index contributed by atoms with van der Waals surface area (Å²) in [7, 11) is 0. The normalized spacial score (nSPS) is 15.4. The predicted octanol–water partition coefficient (Wildman–Crippen LogP) is 4.63. The summed E-state index contributed by atoms with van der Waals surface area (Å²) in [6, 6.07) is 9.78. The van der Waals surface area contributed by atoms with Crippen LogP contribution in [0.3, 0.4) is 0 Å². The third-order valence-electron chi connectivity index (χ3n) is 3.88. The largest absolute Gasteiger partial charge is 0.449 e. The summed E-state index contributed by atoms with van der Waals surface area (Å²) in [5.41, 5.74) is 1.15. The molecule has 4 nitrogen and oxygen atoms in total. The summed E-state index contributed by atoms with van der Waals surface area (Å²) in [5.74, 6) is -0.648. The number of thioether (sulfide) groups is 2. The molecule has 1 heterocycles. The molecule has 0 unspecified atom stereocenters. The van der Waals surface area contributed by atoms with E-state index in [1.165, 1.54) is 6.92 Å². The van der Waals surface area contributed by atoms with Crippen molar-refractivity contribution in [2.45, 2.75) is 17.6 Å². The van der Waals surface area contributed by atoms with Crippen LogP contribution in [0.4, 0.5) is 14.5 Å². The van der Waals surface area contributed by atoms with Gasteiger partial charge >= 0.3 is 5.97 Å². The number of rotatable bonds is 5. The number of hydrogen-bond acceptors (Lipinski definition) is 5. The van der Waals surface area contributed by atoms with Crippen LogP contribution < -0.4 is 5.32 Å². The molecule has 0 aliphatic carbocycles. The Hall–Kier alpha value is -2.06. The second kappa shape index (κ2) is 8.75. The Balaban J connectivity index is 1.59. The van der Waals surface area contributed by atoms with Gasteiger partial charge in [-0.25, -0.2) is 13.6 Å². The van der Waals surface area contributed by atoms with Gasteiger partial charge in [0.05, 0.1) is 15.8 Å². The Morgan fingerprint density at radius 2 is 1.78 bits per heavy atom. The molecular formula is C19H17F2NO3S2. The van der Waals surface area contributed by atoms with Gasteiger partial charge in [0.25, 0.3) is 5.91 Å². The van der Waals surface area contributed by atoms with Crippen LogP contribution in [0.1, 0.15) is 27.4 Å². The minimum Gasteiger partial charge on any atom is -0.449 e. The molecule has 2 aromatic rings. The molecule has 1 saturated heterocycles. The van der Waals surface area contributed by atoms with Gasteiger partial charge in [0.15, 0.2) is 6.10 Å². The van der Waals surface area contributed by atoms with Crippen molar-refractivity contribution in [1.29, 1.82) is 0 Å². The van der Waals surface area contributed by atoms with E-state index in [0.29, 0.717) is 10.1 Å². The monoisotopic (exact) mass is 409 g/mol. The van der Waals surface area contributed by atoms with E-state index < -0.39 is 29.6 Å². The lowest BCUT2D eigenvalue weighted by Crippen LogP contribution is -2.30. The summed E-state index contributed by atoms with van der Waals surface area (Å²) in [6.45, 7) is 1.37. The number of halogens is 2. The molecule has 0 aromatic heterocycles. The van der Waals surface area contributed by atoms with Crippen LogP contribution >= 0.6 is 23.5 Å². The number of nitrogens with one attached hydrogen (secondary N) is 1. The standard InChI is InChI=1S/C19H17F2NO3S2/c1-11(17(23)22-16-10-14(20)6-7-15(16)21)25-18(24)12-2-4-13(5-3-12)19-26-8-9-27-19/h2-7,10-11,19H,8-9H2,1H3,(H,22,23)/t11-/m1/s1. The summed E-state index contributed by atoms with van der Waals surface area (Å²) in [4.78, 5) is 24.3. The zero-order chi connectivity index (χ0) is 19.4. The van der Waals surface area contributed by atoms with Gasteiger partial charge in [-0.15, -0.1) is 23.5 Å². The first-order valence-electron chi connectivity index (χ1n) is 8.24. The highest BCUT2D eigenvalue weighted by Crippen LogP contribution is 2.45. The van der Waals surface area contributed by atoms with Crippen molar-refractivity contribution in [2.75, 3.05) is 16.8 Å². The number of carbonyl (C=O) groups excluding carboxylic acids is 2. The maximum absolute atomic E-state index is 13.6. The average Bonchev–Trinajstić information content (AvgIpc) is 3.19. The minimum atomic E-state index is -1.17. The molecule has 0 saturated carbocycles. The van der Waals surface area contributed by atoms with Crippen molar-refractivity contribution in [1.82, 2.24) is 0 Å². The molecule has 0 radical (unpaired) electrons. The van der Waals surface area contributed by atoms with E-state index in [9.17, 15) is 18.4 Å². The van der Waals surface area contributed by atoms with Crippen LogP contribution in [0, 0.1) is 11.6 Å². The zero-order valence-electron chi connectivity index (χ0n) is 14.4. The third kappa shape index (κ3) is 5.01. The van der Waals surface area contributed by atoms with Crippen molar-refractivity contribution in [3.8, 4) is 0 Å². The fourth-order valence-corrected chi connectivity index (χ4v) is 5.30. The van der Waals surface area contributed by atoms with Gasteiger partial charge in [0, 0.05) is 17.6 Å². The number of hydrogen-bond donors (Lipinski definition) is 1. The lowest BCUT2D eigenvalue weighted by atomic mass is 10.1. The molecular weight excluding hydrogens is 392 g/mol. The van der Waals surface area contributed by atoms with Crippen molar-refractivity contribution in [3.05, 3.63) is 65.2 Å². The first kappa shape index (κ1) is 19.7. The van der Waals surface area contributed by atoms with Crippen LogP contribution in [0.5, 0.6) is 0 Å². The second-order valence-corrected chi connectivity index (χ2v) is 8.58. The summed E-state index contributed by atoms with van der Waals surface area (Å²) in [6.07, 6.45) is -1.17. The molecule has 2 aromatic carbocycles. The fraction of sp³-hybridized carbons (Fsp3) is 0.263. The van der Waals surface area contributed by atoms with Crippen molar-refractivity contribution < 1.29 is 23.1 Å². The molecule has 1 atom stereocenters. The first-order chi connectivity index (χ1) is 12.9. The predicted molar refractivity (Wildman–Crippen MR) is 104 cm³/mol. The number of esters is 1. The molecule has 27 heavy (non-hydrogen) atoms. The molecule has 1 fully saturated rings. The van der Waals surface area contributed by atoms with Gasteiger partial charge in [0.1, 0.15) is 11.6 Å². The number of ether oxygens (including phenoxy) is 1. The van der Waals surface area contributed by atoms with E-state index in [1.807, 2.05) is 35.7 Å². The van der Waals surface area contributed by atoms with Gasteiger partial charge in [-0.05, 0) is 36.8 Å². The van der Waals surface area contributed by atoms with E-state index in [4.69, 9.17) is 4.74 Å². The lowest BCUT2D eigenvalue weighted by Gasteiger charge is -2.14. The Morgan fingerprint density at radius 1 is 1.11 bits per heavy atom. The molecule has 1 N–H and O–H groups in total. The Morgan fingerprint density at radius 3 is 2.44 bits per heavy atom. The summed E-state index contributed by atoms with van der Waals surface area (Å²) >= 11 is 3.73. The van der Waals surface area contributed by atoms with Crippen molar-refractivity contribution in [3.63, 3.8) is 0 Å². The Labute approximate surface area is 164 Å². The SMILES string of the molecule is C[C@@H](OC(=O)c1ccc(C2SCCS2)cc1)C(=O)Nc1cc(F)ccc1F. The Kier molecular flexibility index (Phi) is 6.38. The van der Waals surface area contributed by atoms with E-state index in [2.05, 4.69) is 5.32 Å². The lowest BCUT2D eigenvalue weighted by molar-refractivity contribution is -0.123. The van der Waals surface area contributed by atoms with Crippen LogP contribution in [0.25, 0.3) is 0 Å². The molecule has 3 rings (SSSR count). The van der Waals surface area contributed by atoms with E-state index in [0.717, 1.165) is 35.3 Å². The molecule has 8 heteroatoms. The van der Waals surface area contributed by atoms with Crippen molar-refractivity contribution >= 4 is 41.1 Å². The molecule has 1 aliphatic heterocycles. The summed E-state index contributed by atoms with van der Waals surface area (Å²) < 4.78 is 32.3. The minimum absolute atomic E-state index is 0.307. The third-order valence-corrected chi connectivity index (χ3v) is 6.98. The van der Waals surface area contributed by atoms with Gasteiger partial charge in [-0.1, -0.05) is 12.1 Å². The van der Waals surface area contributed by atoms with Crippen LogP contribution in [0.2, 0.25) is 0 Å². The van der Waals surface area contributed by atoms with Gasteiger partial charge in [-0.3, -0.25) is 4.79 Å². The van der Waals surface area contributed by atoms with E-state index in [1.54, 1.807) is 12.1 Å². The van der Waals surface area contributed by atoms with E-state index >= 15 is 0 Å². The Bertz CT molecular complexity index is 839. The van der Waals surface area contributed by atoms with Gasteiger partial charge < -0.3 is 10.1 Å². The average molecular weight is 409 g/mol. The molecule has 0 spiro atoms. The fourth-order valence-electron chi connectivity index (χ4n) is 2.44. The number of anilines is 1. The molecule has 1 aliphatic rings. The number of carbonyl (C=O) groups is 2. The highest BCUT2D eigenvalue weighted by molar-refractivity contribution is 8.19. The highest BCUT2D eigenvalue weighted by atomic mass is 32.2. The van der Waals surface area contributed by atoms with Crippen LogP contribution in [0.15, 0.2) is 42.5 Å². The second-order valence-electron chi connectivity index (χ2n) is 5.86. The quantitative estimate of drug-likeness (QED) is 0.730. The van der Waals surface area contributed by atoms with Crippen LogP contribution in [-0.2, 0) is 9.53 Å². The van der Waals surface area contributed by atoms with Crippen molar-refractivity contribution in [2.24, 2.45) is 0 Å². The topological polar surface area (TPSA) is 55.4 Å². The molecule has 142 valence electrons. The zero-order valence-corrected chi connectivity index (χ0v) is 16.0. The van der Waals surface area contributed by atoms with Crippen LogP contribution in [-0.4, -0.2) is 29.5 Å². The smallest absolute Gasteiger partial charge is 0.338 e. The maximum atomic E-state index is 13.6. The maximum Gasteiger partial charge on any atom is 0.338 e. The number of amides is 1. The van der Waals surface area contributed by atoms with E-state index in [-0.39, 0.29) is 5.69 Å². The van der Waals surface area contributed by atoms with Gasteiger partial charge in [0.2, 0.25) is 0 Å².